The molecule has 1 aliphatic carbocycles. The Kier molecular flexibility index (Phi) is 5.89. The molecular weight excluding hydrogens is 546 g/mol. The van der Waals surface area contributed by atoms with E-state index in [0.29, 0.717) is 0 Å². The van der Waals surface area contributed by atoms with E-state index in [-0.39, 0.29) is 6.04 Å². The molecule has 0 bridgehead atoms. The molecule has 0 N–H and O–H groups in total. The van der Waals surface area contributed by atoms with E-state index in [1.165, 1.54) is 76.7 Å². The van der Waals surface area contributed by atoms with Crippen molar-refractivity contribution in [2.75, 3.05) is 7.11 Å². The van der Waals surface area contributed by atoms with Gasteiger partial charge in [-0.1, -0.05) is 121 Å². The highest BCUT2D eigenvalue weighted by molar-refractivity contribution is 6.21. The number of nitrogens with zero attached hydrogens (tertiary/aromatic N) is 1. The van der Waals surface area contributed by atoms with Crippen molar-refractivity contribution in [3.63, 3.8) is 0 Å². The molecule has 1 aromatic heterocycles. The predicted molar refractivity (Wildman–Crippen MR) is 190 cm³/mol. The van der Waals surface area contributed by atoms with E-state index in [0.717, 1.165) is 12.2 Å². The highest BCUT2D eigenvalue weighted by Gasteiger charge is 2.22. The maximum atomic E-state index is 5.46. The summed E-state index contributed by atoms with van der Waals surface area (Å²) in [4.78, 5) is 0. The summed E-state index contributed by atoms with van der Waals surface area (Å²) >= 11 is 0. The van der Waals surface area contributed by atoms with Gasteiger partial charge in [-0.2, -0.15) is 0 Å². The van der Waals surface area contributed by atoms with E-state index in [1.54, 1.807) is 7.11 Å². The van der Waals surface area contributed by atoms with Crippen molar-refractivity contribution in [3.05, 3.63) is 157 Å². The van der Waals surface area contributed by atoms with Crippen LogP contribution in [0.25, 0.3) is 71.7 Å². The van der Waals surface area contributed by atoms with Gasteiger partial charge in [0.05, 0.1) is 13.2 Å². The number of ether oxygens (including phenoxy) is 1. The van der Waals surface area contributed by atoms with Crippen molar-refractivity contribution >= 4 is 49.4 Å². The molecule has 0 fully saturated rings. The zero-order valence-corrected chi connectivity index (χ0v) is 25.1. The zero-order chi connectivity index (χ0) is 29.9. The summed E-state index contributed by atoms with van der Waals surface area (Å²) in [7, 11) is 1.72. The largest absolute Gasteiger partial charge is 0.497 e. The molecule has 1 heterocycles. The van der Waals surface area contributed by atoms with Gasteiger partial charge in [0.2, 0.25) is 0 Å². The maximum Gasteiger partial charge on any atom is 0.118 e. The van der Waals surface area contributed by atoms with Gasteiger partial charge >= 0.3 is 0 Å². The standard InChI is InChI=1S/C43H31NO/c1-45-33-24-21-28(22-25-33)42-36-12-2-4-14-38(36)43(39-15-5-3-13-37(39)42)31-19-18-30-27-32(23-20-29(30)26-31)44-40-16-8-6-10-34(40)35-11-7-9-17-41(35)44/h2-26,32H,27H2,1H3. The summed E-state index contributed by atoms with van der Waals surface area (Å²) in [5, 5.41) is 7.70. The van der Waals surface area contributed by atoms with Crippen molar-refractivity contribution < 1.29 is 4.74 Å². The molecule has 0 saturated heterocycles. The van der Waals surface area contributed by atoms with Crippen molar-refractivity contribution in [2.24, 2.45) is 0 Å². The average molecular weight is 578 g/mol. The molecule has 9 rings (SSSR count). The first-order valence-electron chi connectivity index (χ1n) is 15.7. The van der Waals surface area contributed by atoms with Crippen LogP contribution in [-0.2, 0) is 6.42 Å². The molecule has 0 amide bonds. The first-order valence-corrected chi connectivity index (χ1v) is 15.7. The molecule has 2 heteroatoms. The van der Waals surface area contributed by atoms with E-state index in [2.05, 4.69) is 156 Å². The van der Waals surface area contributed by atoms with Crippen LogP contribution < -0.4 is 4.74 Å². The molecule has 1 unspecified atom stereocenters. The fourth-order valence-electron chi connectivity index (χ4n) is 7.60. The molecule has 2 nitrogen and oxygen atoms in total. The Morgan fingerprint density at radius 1 is 0.533 bits per heavy atom. The van der Waals surface area contributed by atoms with Gasteiger partial charge in [-0.15, -0.1) is 0 Å². The van der Waals surface area contributed by atoms with Gasteiger partial charge in [-0.3, -0.25) is 0 Å². The van der Waals surface area contributed by atoms with Gasteiger partial charge in [0.15, 0.2) is 0 Å². The molecule has 0 spiro atoms. The van der Waals surface area contributed by atoms with Gasteiger partial charge in [0.1, 0.15) is 5.75 Å². The normalized spacial score (nSPS) is 14.4. The first kappa shape index (κ1) is 25.9. The topological polar surface area (TPSA) is 14.2 Å². The molecule has 8 aromatic rings. The SMILES string of the molecule is COc1ccc(-c2c3ccccc3c(-c3ccc4c(c3)C=CC(n3c5ccccc5c5ccccc53)C4)c3ccccc23)cc1. The van der Waals surface area contributed by atoms with E-state index >= 15 is 0 Å². The average Bonchev–Trinajstić information content (AvgIpc) is 3.44. The van der Waals surface area contributed by atoms with Crippen molar-refractivity contribution in [3.8, 4) is 28.0 Å². The van der Waals surface area contributed by atoms with Crippen LogP contribution in [0.2, 0.25) is 0 Å². The minimum atomic E-state index is 0.263. The molecule has 1 atom stereocenters. The monoisotopic (exact) mass is 577 g/mol. The molecular formula is C43H31NO. The second kappa shape index (κ2) is 10.2. The Morgan fingerprint density at radius 2 is 1.02 bits per heavy atom. The van der Waals surface area contributed by atoms with E-state index in [9.17, 15) is 0 Å². The Balaban J connectivity index is 1.19. The minimum absolute atomic E-state index is 0.263. The smallest absolute Gasteiger partial charge is 0.118 e. The van der Waals surface area contributed by atoms with Crippen LogP contribution in [0.1, 0.15) is 17.2 Å². The molecule has 0 radical (unpaired) electrons. The van der Waals surface area contributed by atoms with Crippen LogP contribution in [0.15, 0.2) is 146 Å². The fraction of sp³-hybridized carbons (Fsp3) is 0.0698. The number of rotatable bonds is 4. The van der Waals surface area contributed by atoms with Crippen LogP contribution >= 0.6 is 0 Å². The first-order chi connectivity index (χ1) is 22.3. The molecule has 214 valence electrons. The summed E-state index contributed by atoms with van der Waals surface area (Å²) in [6.07, 6.45) is 5.70. The second-order valence-corrected chi connectivity index (χ2v) is 12.0. The Morgan fingerprint density at radius 3 is 1.58 bits per heavy atom. The lowest BCUT2D eigenvalue weighted by molar-refractivity contribution is 0.415. The minimum Gasteiger partial charge on any atom is -0.497 e. The van der Waals surface area contributed by atoms with Crippen molar-refractivity contribution in [2.45, 2.75) is 12.5 Å². The van der Waals surface area contributed by atoms with Crippen LogP contribution in [0, 0.1) is 0 Å². The highest BCUT2D eigenvalue weighted by atomic mass is 16.5. The van der Waals surface area contributed by atoms with Gasteiger partial charge in [-0.05, 0) is 91.7 Å². The molecule has 0 aliphatic heterocycles. The summed E-state index contributed by atoms with van der Waals surface area (Å²) in [6.45, 7) is 0. The zero-order valence-electron chi connectivity index (χ0n) is 25.1. The number of para-hydroxylation sites is 2. The summed E-state index contributed by atoms with van der Waals surface area (Å²) in [6, 6.07) is 51.1. The van der Waals surface area contributed by atoms with Crippen LogP contribution in [-0.4, -0.2) is 11.7 Å². The lowest BCUT2D eigenvalue weighted by Crippen LogP contribution is -2.13. The van der Waals surface area contributed by atoms with Gasteiger partial charge in [-0.25, -0.2) is 0 Å². The number of fused-ring (bicyclic) bond motifs is 6. The van der Waals surface area contributed by atoms with Gasteiger partial charge in [0, 0.05) is 21.8 Å². The van der Waals surface area contributed by atoms with Gasteiger partial charge in [0.25, 0.3) is 0 Å². The summed E-state index contributed by atoms with van der Waals surface area (Å²) in [5.41, 5.74) is 10.3. The predicted octanol–water partition coefficient (Wildman–Crippen LogP) is 11.3. The third-order valence-corrected chi connectivity index (χ3v) is 9.62. The van der Waals surface area contributed by atoms with Crippen molar-refractivity contribution in [1.29, 1.82) is 0 Å². The fourth-order valence-corrected chi connectivity index (χ4v) is 7.60. The number of hydrogen-bond acceptors (Lipinski definition) is 1. The quantitative estimate of drug-likeness (QED) is 0.190. The maximum absolute atomic E-state index is 5.46. The summed E-state index contributed by atoms with van der Waals surface area (Å²) in [5.74, 6) is 0.867. The number of benzene rings is 7. The van der Waals surface area contributed by atoms with E-state index in [4.69, 9.17) is 4.74 Å². The Hall–Kier alpha value is -5.60. The number of allylic oxidation sites excluding steroid dienone is 1. The van der Waals surface area contributed by atoms with E-state index in [1.807, 2.05) is 0 Å². The molecule has 0 saturated carbocycles. The summed E-state index contributed by atoms with van der Waals surface area (Å²) < 4.78 is 7.99. The van der Waals surface area contributed by atoms with Crippen LogP contribution in [0.5, 0.6) is 5.75 Å². The molecule has 7 aromatic carbocycles. The van der Waals surface area contributed by atoms with Crippen LogP contribution in [0.4, 0.5) is 0 Å². The number of hydrogen-bond donors (Lipinski definition) is 0. The lowest BCUT2D eigenvalue weighted by atomic mass is 9.84. The van der Waals surface area contributed by atoms with Gasteiger partial charge < -0.3 is 9.30 Å². The third kappa shape index (κ3) is 4.03. The number of aromatic nitrogens is 1. The second-order valence-electron chi connectivity index (χ2n) is 12.0. The Bertz CT molecular complexity index is 2330. The van der Waals surface area contributed by atoms with Crippen molar-refractivity contribution in [1.82, 2.24) is 4.57 Å². The molecule has 45 heavy (non-hydrogen) atoms. The third-order valence-electron chi connectivity index (χ3n) is 9.62. The Labute approximate surface area is 262 Å². The lowest BCUT2D eigenvalue weighted by Gasteiger charge is -2.24. The van der Waals surface area contributed by atoms with Crippen LogP contribution in [0.3, 0.4) is 0 Å². The highest BCUT2D eigenvalue weighted by Crippen LogP contribution is 2.45. The molecule has 1 aliphatic rings. The number of methoxy groups -OCH3 is 1. The van der Waals surface area contributed by atoms with E-state index < -0.39 is 0 Å².